The number of nitrogens with zero attached hydrogens (tertiary/aromatic N) is 3. The highest BCUT2D eigenvalue weighted by molar-refractivity contribution is 9.10. The maximum absolute atomic E-state index is 11.1. The zero-order valence-electron chi connectivity index (χ0n) is 12.1. The Labute approximate surface area is 131 Å². The lowest BCUT2D eigenvalue weighted by atomic mass is 10.2. The number of aryl methyl sites for hydroxylation is 1. The van der Waals surface area contributed by atoms with Gasteiger partial charge in [-0.1, -0.05) is 6.92 Å². The largest absolute Gasteiger partial charge is 0.487 e. The zero-order valence-corrected chi connectivity index (χ0v) is 13.7. The number of nitro benzene ring substituents is 1. The van der Waals surface area contributed by atoms with E-state index in [2.05, 4.69) is 21.0 Å². The first-order valence-corrected chi connectivity index (χ1v) is 7.38. The van der Waals surface area contributed by atoms with Crippen molar-refractivity contribution in [3.05, 3.63) is 44.2 Å². The summed E-state index contributed by atoms with van der Waals surface area (Å²) in [6, 6.07) is 4.77. The average molecular weight is 354 g/mol. The first-order valence-electron chi connectivity index (χ1n) is 6.59. The molecule has 0 radical (unpaired) electrons. The molecule has 0 aliphatic rings. The molecule has 7 heteroatoms. The molecule has 1 aromatic carbocycles. The highest BCUT2D eigenvalue weighted by Gasteiger charge is 2.18. The molecule has 0 amide bonds. The van der Waals surface area contributed by atoms with Crippen LogP contribution in [0.1, 0.15) is 24.7 Å². The molecule has 2 aromatic rings. The number of ether oxygens (including phenoxy) is 1. The normalized spacial score (nSPS) is 10.7. The Bertz CT molecular complexity index is 682. The minimum Gasteiger partial charge on any atom is -0.487 e. The smallest absolute Gasteiger partial charge is 0.311 e. The molecule has 0 bridgehead atoms. The maximum Gasteiger partial charge on any atom is 0.311 e. The average Bonchev–Trinajstić information content (AvgIpc) is 2.72. The molecular weight excluding hydrogens is 338 g/mol. The lowest BCUT2D eigenvalue weighted by Crippen LogP contribution is -2.03. The molecule has 0 fully saturated rings. The van der Waals surface area contributed by atoms with Crippen molar-refractivity contribution >= 4 is 21.6 Å². The Morgan fingerprint density at radius 3 is 2.67 bits per heavy atom. The van der Waals surface area contributed by atoms with Gasteiger partial charge in [0.1, 0.15) is 0 Å². The van der Waals surface area contributed by atoms with Crippen LogP contribution >= 0.6 is 15.9 Å². The highest BCUT2D eigenvalue weighted by atomic mass is 79.9. The fourth-order valence-corrected chi connectivity index (χ4v) is 2.24. The highest BCUT2D eigenvalue weighted by Crippen LogP contribution is 2.31. The second-order valence-corrected chi connectivity index (χ2v) is 5.45. The first kappa shape index (κ1) is 15.5. The molecule has 0 saturated carbocycles. The maximum atomic E-state index is 11.1. The van der Waals surface area contributed by atoms with Gasteiger partial charge in [-0.25, -0.2) is 4.68 Å². The topological polar surface area (TPSA) is 70.2 Å². The van der Waals surface area contributed by atoms with Gasteiger partial charge in [-0.15, -0.1) is 0 Å². The van der Waals surface area contributed by atoms with Gasteiger partial charge in [-0.05, 0) is 42.3 Å². The molecule has 0 N–H and O–H groups in total. The standard InChI is InChI=1S/C14H16BrN3O3/c1-4-7-21-13-8-11(5-6-12(13)18(19)20)17-10(3)14(15)9(2)16-17/h5-6,8H,4,7H2,1-3H3. The molecule has 6 nitrogen and oxygen atoms in total. The molecule has 2 rings (SSSR count). The van der Waals surface area contributed by atoms with Crippen LogP contribution in [0.15, 0.2) is 22.7 Å². The van der Waals surface area contributed by atoms with Crippen LogP contribution in [-0.2, 0) is 0 Å². The van der Waals surface area contributed by atoms with Gasteiger partial charge in [0, 0.05) is 12.1 Å². The monoisotopic (exact) mass is 353 g/mol. The van der Waals surface area contributed by atoms with Gasteiger partial charge < -0.3 is 4.74 Å². The van der Waals surface area contributed by atoms with Gasteiger partial charge in [0.2, 0.25) is 0 Å². The molecule has 1 heterocycles. The van der Waals surface area contributed by atoms with Crippen molar-refractivity contribution in [1.29, 1.82) is 0 Å². The van der Waals surface area contributed by atoms with Crippen molar-refractivity contribution in [2.45, 2.75) is 27.2 Å². The minimum absolute atomic E-state index is 0.0344. The number of benzene rings is 1. The quantitative estimate of drug-likeness (QED) is 0.602. The van der Waals surface area contributed by atoms with E-state index in [9.17, 15) is 10.1 Å². The van der Waals surface area contributed by atoms with Crippen LogP contribution in [0.3, 0.4) is 0 Å². The van der Waals surface area contributed by atoms with Gasteiger partial charge in [-0.3, -0.25) is 10.1 Å². The summed E-state index contributed by atoms with van der Waals surface area (Å²) in [6.45, 7) is 6.21. The summed E-state index contributed by atoms with van der Waals surface area (Å²) in [5.41, 5.74) is 2.50. The van der Waals surface area contributed by atoms with E-state index >= 15 is 0 Å². The molecule has 0 spiro atoms. The van der Waals surface area contributed by atoms with Crippen LogP contribution in [0.4, 0.5) is 5.69 Å². The van der Waals surface area contributed by atoms with Crippen molar-refractivity contribution < 1.29 is 9.66 Å². The van der Waals surface area contributed by atoms with Crippen LogP contribution in [0, 0.1) is 24.0 Å². The van der Waals surface area contributed by atoms with Crippen LogP contribution in [0.25, 0.3) is 5.69 Å². The number of halogens is 1. The lowest BCUT2D eigenvalue weighted by Gasteiger charge is -2.09. The Morgan fingerprint density at radius 2 is 2.14 bits per heavy atom. The van der Waals surface area contributed by atoms with Crippen LogP contribution in [-0.4, -0.2) is 21.3 Å². The first-order chi connectivity index (χ1) is 9.95. The van der Waals surface area contributed by atoms with Gasteiger partial charge in [0.25, 0.3) is 0 Å². The van der Waals surface area contributed by atoms with Gasteiger partial charge >= 0.3 is 5.69 Å². The number of hydrogen-bond acceptors (Lipinski definition) is 4. The van der Waals surface area contributed by atoms with Crippen molar-refractivity contribution in [2.75, 3.05) is 6.61 Å². The van der Waals surface area contributed by atoms with E-state index in [-0.39, 0.29) is 11.4 Å². The molecule has 21 heavy (non-hydrogen) atoms. The Hall–Kier alpha value is -1.89. The van der Waals surface area contributed by atoms with Gasteiger partial charge in [0.05, 0.1) is 33.1 Å². The minimum atomic E-state index is -0.439. The fraction of sp³-hybridized carbons (Fsp3) is 0.357. The predicted molar refractivity (Wildman–Crippen MR) is 83.2 cm³/mol. The molecule has 0 aliphatic heterocycles. The van der Waals surface area contributed by atoms with Crippen molar-refractivity contribution in [3.63, 3.8) is 0 Å². The molecule has 0 unspecified atom stereocenters. The van der Waals surface area contributed by atoms with Crippen LogP contribution in [0.5, 0.6) is 5.75 Å². The zero-order chi connectivity index (χ0) is 15.6. The summed E-state index contributed by atoms with van der Waals surface area (Å²) in [5, 5.41) is 15.5. The number of nitro groups is 1. The van der Waals surface area contributed by atoms with E-state index in [1.807, 2.05) is 20.8 Å². The van der Waals surface area contributed by atoms with E-state index in [0.29, 0.717) is 6.61 Å². The lowest BCUT2D eigenvalue weighted by molar-refractivity contribution is -0.385. The van der Waals surface area contributed by atoms with Crippen LogP contribution < -0.4 is 4.74 Å². The van der Waals surface area contributed by atoms with E-state index in [0.717, 1.165) is 28.0 Å². The van der Waals surface area contributed by atoms with Crippen molar-refractivity contribution in [3.8, 4) is 11.4 Å². The molecule has 112 valence electrons. The summed E-state index contributed by atoms with van der Waals surface area (Å²) in [4.78, 5) is 10.6. The summed E-state index contributed by atoms with van der Waals surface area (Å²) in [7, 11) is 0. The van der Waals surface area contributed by atoms with Crippen LogP contribution in [0.2, 0.25) is 0 Å². The number of hydrogen-bond donors (Lipinski definition) is 0. The fourth-order valence-electron chi connectivity index (χ4n) is 1.99. The summed E-state index contributed by atoms with van der Waals surface area (Å²) >= 11 is 3.47. The number of aromatic nitrogens is 2. The van der Waals surface area contributed by atoms with Crippen molar-refractivity contribution in [2.24, 2.45) is 0 Å². The molecule has 1 aromatic heterocycles. The summed E-state index contributed by atoms with van der Waals surface area (Å²) < 4.78 is 8.16. The molecule has 0 aliphatic carbocycles. The van der Waals surface area contributed by atoms with E-state index in [1.54, 1.807) is 16.8 Å². The van der Waals surface area contributed by atoms with Crippen molar-refractivity contribution in [1.82, 2.24) is 9.78 Å². The molecule has 0 saturated heterocycles. The predicted octanol–water partition coefficient (Wildman–Crippen LogP) is 3.95. The van der Waals surface area contributed by atoms with Gasteiger partial charge in [-0.2, -0.15) is 5.10 Å². The second kappa shape index (κ2) is 6.26. The third-order valence-electron chi connectivity index (χ3n) is 3.05. The summed E-state index contributed by atoms with van der Waals surface area (Å²) in [6.07, 6.45) is 0.785. The van der Waals surface area contributed by atoms with Gasteiger partial charge in [0.15, 0.2) is 5.75 Å². The summed E-state index contributed by atoms with van der Waals surface area (Å²) in [5.74, 6) is 0.267. The Balaban J connectivity index is 2.50. The van der Waals surface area contributed by atoms with E-state index < -0.39 is 4.92 Å². The Morgan fingerprint density at radius 1 is 1.43 bits per heavy atom. The Kier molecular flexibility index (Phi) is 4.62. The third-order valence-corrected chi connectivity index (χ3v) is 4.20. The van der Waals surface area contributed by atoms with E-state index in [1.165, 1.54) is 6.07 Å². The van der Waals surface area contributed by atoms with E-state index in [4.69, 9.17) is 4.74 Å². The molecule has 0 atom stereocenters. The number of rotatable bonds is 5. The second-order valence-electron chi connectivity index (χ2n) is 4.65. The molecular formula is C14H16BrN3O3. The SMILES string of the molecule is CCCOc1cc(-n2nc(C)c(Br)c2C)ccc1[N+](=O)[O-]. The third kappa shape index (κ3) is 3.07.